The number of halogens is 2. The smallest absolute Gasteiger partial charge is 0.141 e. The summed E-state index contributed by atoms with van der Waals surface area (Å²) < 4.78 is 26.3. The molecule has 0 bridgehead atoms. The number of fused-ring (bicyclic) bond motifs is 1. The highest BCUT2D eigenvalue weighted by atomic mass is 19.1. The summed E-state index contributed by atoms with van der Waals surface area (Å²) in [6.07, 6.45) is 1.36. The molecule has 3 aromatic rings. The van der Waals surface area contributed by atoms with Crippen molar-refractivity contribution in [1.82, 2.24) is 9.97 Å². The van der Waals surface area contributed by atoms with Crippen molar-refractivity contribution in [2.24, 2.45) is 0 Å². The number of benzene rings is 2. The van der Waals surface area contributed by atoms with Crippen LogP contribution in [0.4, 0.5) is 26.0 Å². The van der Waals surface area contributed by atoms with Gasteiger partial charge in [-0.25, -0.2) is 18.7 Å². The van der Waals surface area contributed by atoms with Crippen molar-refractivity contribution in [2.45, 2.75) is 0 Å². The summed E-state index contributed by atoms with van der Waals surface area (Å²) in [5, 5.41) is 3.59. The minimum absolute atomic E-state index is 0.277. The van der Waals surface area contributed by atoms with E-state index in [4.69, 9.17) is 5.73 Å². The van der Waals surface area contributed by atoms with Crippen LogP contribution in [0.1, 0.15) is 0 Å². The third kappa shape index (κ3) is 2.35. The largest absolute Gasteiger partial charge is 0.399 e. The minimum Gasteiger partial charge on any atom is -0.399 e. The summed E-state index contributed by atoms with van der Waals surface area (Å²) in [4.78, 5) is 8.18. The van der Waals surface area contributed by atoms with Gasteiger partial charge in [-0.2, -0.15) is 0 Å². The summed E-state index contributed by atoms with van der Waals surface area (Å²) in [6, 6.07) is 8.35. The van der Waals surface area contributed by atoms with Crippen LogP contribution in [-0.4, -0.2) is 9.97 Å². The average Bonchev–Trinajstić information content (AvgIpc) is 2.37. The minimum atomic E-state index is -0.657. The van der Waals surface area contributed by atoms with Gasteiger partial charge in [-0.1, -0.05) is 0 Å². The standard InChI is InChI=1S/C14H10F2N4/c15-8-3-9(16)5-11(4-8)20-14-12-2-1-10(17)6-13(12)18-7-19-14/h1-7H,17H2,(H,18,19,20). The van der Waals surface area contributed by atoms with Gasteiger partial charge >= 0.3 is 0 Å². The van der Waals surface area contributed by atoms with Gasteiger partial charge in [0.25, 0.3) is 0 Å². The number of rotatable bonds is 2. The molecule has 1 aromatic heterocycles. The maximum absolute atomic E-state index is 13.2. The fourth-order valence-electron chi connectivity index (χ4n) is 1.94. The molecule has 0 saturated heterocycles. The third-order valence-corrected chi connectivity index (χ3v) is 2.79. The average molecular weight is 272 g/mol. The Morgan fingerprint density at radius 2 is 1.70 bits per heavy atom. The quantitative estimate of drug-likeness (QED) is 0.703. The Kier molecular flexibility index (Phi) is 2.90. The van der Waals surface area contributed by atoms with E-state index in [0.717, 1.165) is 6.07 Å². The predicted octanol–water partition coefficient (Wildman–Crippen LogP) is 3.23. The van der Waals surface area contributed by atoms with Gasteiger partial charge in [-0.3, -0.25) is 0 Å². The van der Waals surface area contributed by atoms with Gasteiger partial charge in [0.05, 0.1) is 5.52 Å². The highest BCUT2D eigenvalue weighted by molar-refractivity contribution is 5.92. The Morgan fingerprint density at radius 3 is 2.45 bits per heavy atom. The fraction of sp³-hybridized carbons (Fsp3) is 0. The first-order valence-corrected chi connectivity index (χ1v) is 5.85. The van der Waals surface area contributed by atoms with Crippen molar-refractivity contribution in [3.05, 3.63) is 54.4 Å². The van der Waals surface area contributed by atoms with Crippen molar-refractivity contribution < 1.29 is 8.78 Å². The van der Waals surface area contributed by atoms with E-state index in [0.29, 0.717) is 22.4 Å². The monoisotopic (exact) mass is 272 g/mol. The van der Waals surface area contributed by atoms with Crippen LogP contribution in [0.15, 0.2) is 42.7 Å². The Morgan fingerprint density at radius 1 is 0.950 bits per heavy atom. The van der Waals surface area contributed by atoms with Crippen molar-refractivity contribution in [2.75, 3.05) is 11.1 Å². The van der Waals surface area contributed by atoms with Crippen molar-refractivity contribution in [3.63, 3.8) is 0 Å². The number of nitrogens with one attached hydrogen (secondary N) is 1. The van der Waals surface area contributed by atoms with Crippen LogP contribution >= 0.6 is 0 Å². The molecule has 6 heteroatoms. The molecule has 3 rings (SSSR count). The second kappa shape index (κ2) is 4.73. The van der Waals surface area contributed by atoms with Crippen LogP contribution in [0.5, 0.6) is 0 Å². The lowest BCUT2D eigenvalue weighted by Crippen LogP contribution is -1.97. The summed E-state index contributed by atoms with van der Waals surface area (Å²) in [7, 11) is 0. The predicted molar refractivity (Wildman–Crippen MR) is 73.6 cm³/mol. The number of nitrogens with two attached hydrogens (primary N) is 1. The van der Waals surface area contributed by atoms with Gasteiger partial charge in [0.15, 0.2) is 0 Å². The van der Waals surface area contributed by atoms with Gasteiger partial charge < -0.3 is 11.1 Å². The molecule has 0 fully saturated rings. The Bertz CT molecular complexity index is 769. The van der Waals surface area contributed by atoms with Gasteiger partial charge in [0.1, 0.15) is 23.8 Å². The van der Waals surface area contributed by atoms with E-state index >= 15 is 0 Å². The van der Waals surface area contributed by atoms with Crippen LogP contribution in [-0.2, 0) is 0 Å². The van der Waals surface area contributed by atoms with E-state index in [2.05, 4.69) is 15.3 Å². The molecule has 4 nitrogen and oxygen atoms in total. The molecule has 0 spiro atoms. The lowest BCUT2D eigenvalue weighted by atomic mass is 10.2. The van der Waals surface area contributed by atoms with E-state index in [9.17, 15) is 8.78 Å². The molecule has 100 valence electrons. The van der Waals surface area contributed by atoms with Gasteiger partial charge in [0.2, 0.25) is 0 Å². The summed E-state index contributed by atoms with van der Waals surface area (Å²) in [5.74, 6) is -0.856. The number of aromatic nitrogens is 2. The van der Waals surface area contributed by atoms with E-state index in [1.54, 1.807) is 18.2 Å². The zero-order chi connectivity index (χ0) is 14.1. The lowest BCUT2D eigenvalue weighted by molar-refractivity contribution is 0.584. The summed E-state index contributed by atoms with van der Waals surface area (Å²) in [6.45, 7) is 0. The van der Waals surface area contributed by atoms with E-state index < -0.39 is 11.6 Å². The molecular formula is C14H10F2N4. The molecule has 0 aliphatic rings. The topological polar surface area (TPSA) is 63.8 Å². The van der Waals surface area contributed by atoms with Crippen molar-refractivity contribution >= 4 is 28.1 Å². The maximum Gasteiger partial charge on any atom is 0.141 e. The molecule has 3 N–H and O–H groups in total. The van der Waals surface area contributed by atoms with Crippen LogP contribution in [0, 0.1) is 11.6 Å². The molecule has 0 saturated carbocycles. The van der Waals surface area contributed by atoms with Gasteiger partial charge in [-0.15, -0.1) is 0 Å². The number of nitrogen functional groups attached to an aromatic ring is 1. The summed E-state index contributed by atoms with van der Waals surface area (Å²) >= 11 is 0. The molecule has 0 atom stereocenters. The molecule has 0 amide bonds. The number of anilines is 3. The molecule has 2 aromatic carbocycles. The highest BCUT2D eigenvalue weighted by Gasteiger charge is 2.06. The number of hydrogen-bond donors (Lipinski definition) is 2. The van der Waals surface area contributed by atoms with Crippen LogP contribution in [0.2, 0.25) is 0 Å². The first-order valence-electron chi connectivity index (χ1n) is 5.85. The molecule has 0 radical (unpaired) electrons. The zero-order valence-electron chi connectivity index (χ0n) is 10.3. The Labute approximate surface area is 113 Å². The second-order valence-corrected chi connectivity index (χ2v) is 4.28. The summed E-state index contributed by atoms with van der Waals surface area (Å²) in [5.41, 5.74) is 7.20. The zero-order valence-corrected chi connectivity index (χ0v) is 10.3. The maximum atomic E-state index is 13.2. The molecule has 0 unspecified atom stereocenters. The molecular weight excluding hydrogens is 262 g/mol. The molecule has 20 heavy (non-hydrogen) atoms. The van der Waals surface area contributed by atoms with Crippen molar-refractivity contribution in [1.29, 1.82) is 0 Å². The SMILES string of the molecule is Nc1ccc2c(Nc3cc(F)cc(F)c3)ncnc2c1. The van der Waals surface area contributed by atoms with Gasteiger partial charge in [0, 0.05) is 22.8 Å². The third-order valence-electron chi connectivity index (χ3n) is 2.79. The first-order chi connectivity index (χ1) is 9.61. The Hall–Kier alpha value is -2.76. The Balaban J connectivity index is 2.06. The van der Waals surface area contributed by atoms with E-state index in [1.807, 2.05) is 0 Å². The van der Waals surface area contributed by atoms with Crippen LogP contribution in [0.25, 0.3) is 10.9 Å². The molecule has 0 aliphatic heterocycles. The first kappa shape index (κ1) is 12.3. The highest BCUT2D eigenvalue weighted by Crippen LogP contribution is 2.25. The van der Waals surface area contributed by atoms with Crippen LogP contribution < -0.4 is 11.1 Å². The number of hydrogen-bond acceptors (Lipinski definition) is 4. The molecule has 0 aliphatic carbocycles. The van der Waals surface area contributed by atoms with Gasteiger partial charge in [-0.05, 0) is 30.3 Å². The van der Waals surface area contributed by atoms with E-state index in [1.165, 1.54) is 18.5 Å². The second-order valence-electron chi connectivity index (χ2n) is 4.28. The lowest BCUT2D eigenvalue weighted by Gasteiger charge is -2.09. The fourth-order valence-corrected chi connectivity index (χ4v) is 1.94. The molecule has 1 heterocycles. The van der Waals surface area contributed by atoms with E-state index in [-0.39, 0.29) is 5.69 Å². The normalized spacial score (nSPS) is 10.7. The number of nitrogens with zero attached hydrogens (tertiary/aromatic N) is 2. The van der Waals surface area contributed by atoms with Crippen LogP contribution in [0.3, 0.4) is 0 Å². The van der Waals surface area contributed by atoms with Crippen molar-refractivity contribution in [3.8, 4) is 0 Å².